The molecule has 2 aromatic carbocycles. The molecule has 0 aliphatic heterocycles. The minimum Gasteiger partial charge on any atom is -0.326 e. The van der Waals surface area contributed by atoms with E-state index < -0.39 is 0 Å². The van der Waals surface area contributed by atoms with Gasteiger partial charge >= 0.3 is 0 Å². The summed E-state index contributed by atoms with van der Waals surface area (Å²) in [4.78, 5) is 24.4. The number of hydrogen-bond donors (Lipinski definition) is 3. The lowest BCUT2D eigenvalue weighted by atomic mass is 10.2. The number of hydrazine groups is 1. The van der Waals surface area contributed by atoms with Crippen LogP contribution in [0.3, 0.4) is 0 Å². The van der Waals surface area contributed by atoms with Crippen molar-refractivity contribution in [2.75, 3.05) is 13.6 Å². The van der Waals surface area contributed by atoms with Gasteiger partial charge in [-0.1, -0.05) is 36.4 Å². The van der Waals surface area contributed by atoms with Crippen molar-refractivity contribution in [3.63, 3.8) is 0 Å². The molecule has 0 radical (unpaired) electrons. The number of amides is 2. The van der Waals surface area contributed by atoms with Crippen LogP contribution < -0.4 is 15.8 Å². The Morgan fingerprint density at radius 1 is 1.00 bits per heavy atom. The number of quaternary nitrogens is 1. The van der Waals surface area contributed by atoms with Gasteiger partial charge in [-0.3, -0.25) is 20.4 Å². The summed E-state index contributed by atoms with van der Waals surface area (Å²) in [6.45, 7) is 0.496. The van der Waals surface area contributed by atoms with Crippen LogP contribution in [0.2, 0.25) is 0 Å². The normalized spacial score (nSPS) is 11.6. The van der Waals surface area contributed by atoms with Crippen LogP contribution in [0.1, 0.15) is 15.9 Å². The van der Waals surface area contributed by atoms with E-state index in [9.17, 15) is 14.0 Å². The van der Waals surface area contributed by atoms with Gasteiger partial charge in [-0.2, -0.15) is 0 Å². The minimum atomic E-state index is -0.384. The third kappa shape index (κ3) is 5.19. The lowest BCUT2D eigenvalue weighted by molar-refractivity contribution is -0.885. The lowest BCUT2D eigenvalue weighted by Gasteiger charge is -2.14. The summed E-state index contributed by atoms with van der Waals surface area (Å²) in [6, 6.07) is 15.0. The van der Waals surface area contributed by atoms with Crippen LogP contribution in [0.4, 0.5) is 4.39 Å². The molecule has 6 heteroatoms. The number of carbonyl (C=O) groups is 2. The first-order valence-corrected chi connectivity index (χ1v) is 7.25. The molecule has 1 atom stereocenters. The molecule has 2 aromatic rings. The third-order valence-corrected chi connectivity index (χ3v) is 3.26. The molecule has 0 aliphatic rings. The average Bonchev–Trinajstić information content (AvgIpc) is 2.55. The highest BCUT2D eigenvalue weighted by atomic mass is 19.1. The van der Waals surface area contributed by atoms with E-state index in [1.807, 2.05) is 0 Å². The summed E-state index contributed by atoms with van der Waals surface area (Å²) >= 11 is 0. The Morgan fingerprint density at radius 3 is 2.35 bits per heavy atom. The average molecular weight is 316 g/mol. The van der Waals surface area contributed by atoms with Gasteiger partial charge in [-0.05, 0) is 18.2 Å². The summed E-state index contributed by atoms with van der Waals surface area (Å²) in [5, 5.41) is 0. The molecule has 23 heavy (non-hydrogen) atoms. The molecule has 0 bridgehead atoms. The van der Waals surface area contributed by atoms with Gasteiger partial charge in [0.25, 0.3) is 11.8 Å². The van der Waals surface area contributed by atoms with E-state index in [2.05, 4.69) is 10.9 Å². The zero-order chi connectivity index (χ0) is 16.7. The van der Waals surface area contributed by atoms with Crippen LogP contribution in [0.15, 0.2) is 54.6 Å². The molecule has 0 saturated heterocycles. The van der Waals surface area contributed by atoms with E-state index >= 15 is 0 Å². The van der Waals surface area contributed by atoms with Gasteiger partial charge in [0, 0.05) is 11.1 Å². The van der Waals surface area contributed by atoms with E-state index in [4.69, 9.17) is 0 Å². The first-order chi connectivity index (χ1) is 11.1. The molecule has 2 rings (SSSR count). The lowest BCUT2D eigenvalue weighted by Crippen LogP contribution is -3.09. The Labute approximate surface area is 134 Å². The van der Waals surface area contributed by atoms with Crippen molar-refractivity contribution in [3.8, 4) is 0 Å². The predicted octanol–water partition coefficient (Wildman–Crippen LogP) is 0.302. The van der Waals surface area contributed by atoms with Crippen molar-refractivity contribution in [1.29, 1.82) is 0 Å². The topological polar surface area (TPSA) is 62.6 Å². The molecule has 1 unspecified atom stereocenters. The maximum Gasteiger partial charge on any atom is 0.293 e. The van der Waals surface area contributed by atoms with Crippen molar-refractivity contribution >= 4 is 11.8 Å². The third-order valence-electron chi connectivity index (χ3n) is 3.26. The second-order valence-corrected chi connectivity index (χ2v) is 5.27. The van der Waals surface area contributed by atoms with Gasteiger partial charge < -0.3 is 4.90 Å². The molecule has 0 spiro atoms. The van der Waals surface area contributed by atoms with Crippen LogP contribution in [0.25, 0.3) is 0 Å². The molecular weight excluding hydrogens is 297 g/mol. The minimum absolute atomic E-state index is 0.114. The number of carbonyl (C=O) groups excluding carboxylic acids is 2. The Hall–Kier alpha value is -2.73. The molecule has 0 heterocycles. The Bertz CT molecular complexity index is 677. The monoisotopic (exact) mass is 316 g/mol. The van der Waals surface area contributed by atoms with Crippen molar-refractivity contribution in [2.45, 2.75) is 6.54 Å². The molecule has 2 amide bonds. The fourth-order valence-corrected chi connectivity index (χ4v) is 2.14. The van der Waals surface area contributed by atoms with Crippen molar-refractivity contribution in [1.82, 2.24) is 10.9 Å². The number of rotatable bonds is 5. The van der Waals surface area contributed by atoms with Gasteiger partial charge in [-0.15, -0.1) is 0 Å². The van der Waals surface area contributed by atoms with Crippen LogP contribution in [-0.2, 0) is 11.3 Å². The second kappa shape index (κ2) is 8.05. The fraction of sp³-hybridized carbons (Fsp3) is 0.176. The number of halogens is 1. The quantitative estimate of drug-likeness (QED) is 0.695. The highest BCUT2D eigenvalue weighted by molar-refractivity contribution is 5.95. The maximum absolute atomic E-state index is 13.6. The number of hydrogen-bond acceptors (Lipinski definition) is 2. The smallest absolute Gasteiger partial charge is 0.293 e. The predicted molar refractivity (Wildman–Crippen MR) is 83.9 cm³/mol. The van der Waals surface area contributed by atoms with E-state index in [0.717, 1.165) is 4.90 Å². The summed E-state index contributed by atoms with van der Waals surface area (Å²) < 4.78 is 13.6. The van der Waals surface area contributed by atoms with E-state index in [1.54, 1.807) is 55.6 Å². The molecule has 0 aromatic heterocycles. The second-order valence-electron chi connectivity index (χ2n) is 5.27. The molecule has 0 aliphatic carbocycles. The van der Waals surface area contributed by atoms with Gasteiger partial charge in [0.05, 0.1) is 7.05 Å². The van der Waals surface area contributed by atoms with Crippen molar-refractivity contribution in [2.24, 2.45) is 0 Å². The first-order valence-electron chi connectivity index (χ1n) is 7.25. The van der Waals surface area contributed by atoms with Crippen molar-refractivity contribution < 1.29 is 18.9 Å². The van der Waals surface area contributed by atoms with Gasteiger partial charge in [0.15, 0.2) is 6.54 Å². The van der Waals surface area contributed by atoms with Gasteiger partial charge in [0.2, 0.25) is 0 Å². The molecule has 3 N–H and O–H groups in total. The summed E-state index contributed by atoms with van der Waals surface area (Å²) in [7, 11) is 1.78. The van der Waals surface area contributed by atoms with E-state index in [0.29, 0.717) is 17.7 Å². The Balaban J connectivity index is 1.78. The van der Waals surface area contributed by atoms with Crippen LogP contribution in [-0.4, -0.2) is 25.4 Å². The summed E-state index contributed by atoms with van der Waals surface area (Å²) in [5.74, 6) is -1.02. The molecule has 120 valence electrons. The molecule has 5 nitrogen and oxygen atoms in total. The Kier molecular flexibility index (Phi) is 5.82. The first kappa shape index (κ1) is 16.6. The standard InChI is InChI=1S/C17H18FN3O2/c1-21(11-14-9-5-6-10-15(14)18)12-16(22)19-20-17(23)13-7-3-2-4-8-13/h2-10H,11-12H2,1H3,(H,19,22)(H,20,23)/p+1. The summed E-state index contributed by atoms with van der Waals surface area (Å²) in [6.07, 6.45) is 0. The molecular formula is C17H19FN3O2+. The fourth-order valence-electron chi connectivity index (χ4n) is 2.14. The summed E-state index contributed by atoms with van der Waals surface area (Å²) in [5.41, 5.74) is 5.72. The van der Waals surface area contributed by atoms with E-state index in [1.165, 1.54) is 6.07 Å². The number of benzene rings is 2. The van der Waals surface area contributed by atoms with Crippen molar-refractivity contribution in [3.05, 3.63) is 71.5 Å². The van der Waals surface area contributed by atoms with Gasteiger partial charge in [-0.25, -0.2) is 4.39 Å². The van der Waals surface area contributed by atoms with Gasteiger partial charge in [0.1, 0.15) is 12.4 Å². The molecule has 0 saturated carbocycles. The Morgan fingerprint density at radius 2 is 1.65 bits per heavy atom. The number of likely N-dealkylation sites (N-methyl/N-ethyl adjacent to an activating group) is 1. The number of nitrogens with one attached hydrogen (secondary N) is 3. The largest absolute Gasteiger partial charge is 0.326 e. The SMILES string of the molecule is C[NH+](CC(=O)NNC(=O)c1ccccc1)Cc1ccccc1F. The van der Waals surface area contributed by atoms with E-state index in [-0.39, 0.29) is 24.2 Å². The molecule has 0 fully saturated rings. The van der Waals surface area contributed by atoms with Crippen LogP contribution >= 0.6 is 0 Å². The van der Waals surface area contributed by atoms with Crippen LogP contribution in [0, 0.1) is 5.82 Å². The zero-order valence-corrected chi connectivity index (χ0v) is 12.8. The zero-order valence-electron chi connectivity index (χ0n) is 12.8. The van der Waals surface area contributed by atoms with Crippen LogP contribution in [0.5, 0.6) is 0 Å². The highest BCUT2D eigenvalue weighted by Gasteiger charge is 2.13. The maximum atomic E-state index is 13.6. The highest BCUT2D eigenvalue weighted by Crippen LogP contribution is 2.03.